The fourth-order valence-corrected chi connectivity index (χ4v) is 2.58. The predicted octanol–water partition coefficient (Wildman–Crippen LogP) is 4.02. The van der Waals surface area contributed by atoms with E-state index in [1.807, 2.05) is 30.3 Å². The van der Waals surface area contributed by atoms with Crippen molar-refractivity contribution in [1.29, 1.82) is 5.26 Å². The van der Waals surface area contributed by atoms with Gasteiger partial charge < -0.3 is 10.6 Å². The number of nitrogens with zero attached hydrogens (tertiary/aromatic N) is 2. The summed E-state index contributed by atoms with van der Waals surface area (Å²) in [5.41, 5.74) is 3.22. The number of carbonyl (C=O) groups is 2. The summed E-state index contributed by atoms with van der Waals surface area (Å²) < 4.78 is 0. The number of hydrogen-bond donors (Lipinski definition) is 2. The van der Waals surface area contributed by atoms with Crippen molar-refractivity contribution in [2.24, 2.45) is 0 Å². The van der Waals surface area contributed by atoms with E-state index in [2.05, 4.69) is 22.5 Å². The molecule has 0 spiro atoms. The summed E-state index contributed by atoms with van der Waals surface area (Å²) >= 11 is 0. The van der Waals surface area contributed by atoms with Crippen LogP contribution in [0.1, 0.15) is 38.9 Å². The molecular formula is C22H18N4O2. The number of carbonyl (C=O) groups excluding carboxylic acids is 2. The van der Waals surface area contributed by atoms with Crippen molar-refractivity contribution in [3.8, 4) is 6.07 Å². The Morgan fingerprint density at radius 3 is 2.43 bits per heavy atom. The molecule has 0 aliphatic heterocycles. The quantitative estimate of drug-likeness (QED) is 0.709. The zero-order valence-electron chi connectivity index (χ0n) is 15.3. The van der Waals surface area contributed by atoms with E-state index in [1.165, 1.54) is 23.9 Å². The lowest BCUT2D eigenvalue weighted by atomic mass is 10.1. The predicted molar refractivity (Wildman–Crippen MR) is 107 cm³/mol. The molecule has 0 fully saturated rings. The Labute approximate surface area is 162 Å². The Kier molecular flexibility index (Phi) is 5.78. The normalized spacial score (nSPS) is 10.0. The summed E-state index contributed by atoms with van der Waals surface area (Å²) in [6.45, 7) is 2.06. The van der Waals surface area contributed by atoms with Crippen LogP contribution in [-0.4, -0.2) is 16.8 Å². The minimum atomic E-state index is -0.398. The van der Waals surface area contributed by atoms with E-state index < -0.39 is 5.91 Å². The van der Waals surface area contributed by atoms with Gasteiger partial charge in [0.2, 0.25) is 0 Å². The molecule has 2 amide bonds. The molecule has 3 aromatic rings. The van der Waals surface area contributed by atoms with E-state index in [1.54, 1.807) is 24.3 Å². The van der Waals surface area contributed by atoms with Gasteiger partial charge in [0.05, 0.1) is 11.6 Å². The van der Waals surface area contributed by atoms with Gasteiger partial charge in [-0.15, -0.1) is 0 Å². The van der Waals surface area contributed by atoms with Crippen LogP contribution < -0.4 is 10.6 Å². The second kappa shape index (κ2) is 8.60. The van der Waals surface area contributed by atoms with Crippen LogP contribution in [0.15, 0.2) is 66.9 Å². The summed E-state index contributed by atoms with van der Waals surface area (Å²) in [4.78, 5) is 29.0. The van der Waals surface area contributed by atoms with Gasteiger partial charge in [0.25, 0.3) is 11.8 Å². The maximum Gasteiger partial charge on any atom is 0.274 e. The monoisotopic (exact) mass is 370 g/mol. The molecule has 138 valence electrons. The fraction of sp³-hybridized carbons (Fsp3) is 0.0909. The molecule has 0 aliphatic rings. The number of nitrogens with one attached hydrogen (secondary N) is 2. The van der Waals surface area contributed by atoms with Gasteiger partial charge in [0.1, 0.15) is 5.69 Å². The summed E-state index contributed by atoms with van der Waals surface area (Å²) in [6.07, 6.45) is 2.33. The van der Waals surface area contributed by atoms with Crippen LogP contribution >= 0.6 is 0 Å². The molecule has 0 saturated carbocycles. The zero-order valence-corrected chi connectivity index (χ0v) is 15.3. The van der Waals surface area contributed by atoms with Crippen LogP contribution in [-0.2, 0) is 6.42 Å². The first-order valence-electron chi connectivity index (χ1n) is 8.77. The van der Waals surface area contributed by atoms with Crippen LogP contribution in [0.3, 0.4) is 0 Å². The largest absolute Gasteiger partial charge is 0.322 e. The number of rotatable bonds is 5. The van der Waals surface area contributed by atoms with E-state index in [9.17, 15) is 9.59 Å². The number of hydrogen-bond acceptors (Lipinski definition) is 4. The third kappa shape index (κ3) is 4.59. The van der Waals surface area contributed by atoms with Crippen molar-refractivity contribution in [2.75, 3.05) is 10.6 Å². The number of benzene rings is 2. The van der Waals surface area contributed by atoms with Crippen LogP contribution in [0, 0.1) is 11.3 Å². The Hall–Kier alpha value is -3.98. The molecule has 0 bridgehead atoms. The van der Waals surface area contributed by atoms with Crippen LogP contribution in [0.25, 0.3) is 0 Å². The number of amides is 2. The third-order valence-electron chi connectivity index (χ3n) is 4.12. The second-order valence-electron chi connectivity index (χ2n) is 6.08. The number of nitriles is 1. The number of aromatic nitrogens is 1. The van der Waals surface area contributed by atoms with Gasteiger partial charge in [0.15, 0.2) is 0 Å². The van der Waals surface area contributed by atoms with Crippen molar-refractivity contribution >= 4 is 23.2 Å². The molecule has 0 unspecified atom stereocenters. The van der Waals surface area contributed by atoms with Crippen molar-refractivity contribution < 1.29 is 9.59 Å². The molecule has 2 N–H and O–H groups in total. The van der Waals surface area contributed by atoms with Crippen molar-refractivity contribution in [2.45, 2.75) is 13.3 Å². The molecule has 0 saturated heterocycles. The van der Waals surface area contributed by atoms with Gasteiger partial charge in [0, 0.05) is 23.1 Å². The number of pyridine rings is 1. The first-order chi connectivity index (χ1) is 13.6. The lowest BCUT2D eigenvalue weighted by Crippen LogP contribution is -2.17. The van der Waals surface area contributed by atoms with Crippen LogP contribution in [0.2, 0.25) is 0 Å². The van der Waals surface area contributed by atoms with E-state index in [4.69, 9.17) is 5.26 Å². The first-order valence-corrected chi connectivity index (χ1v) is 8.77. The fourth-order valence-electron chi connectivity index (χ4n) is 2.58. The Bertz CT molecular complexity index is 1050. The molecule has 0 radical (unpaired) electrons. The van der Waals surface area contributed by atoms with Gasteiger partial charge in [-0.05, 0) is 54.4 Å². The topological polar surface area (TPSA) is 94.9 Å². The molecule has 1 aromatic heterocycles. The molecule has 1 heterocycles. The molecule has 28 heavy (non-hydrogen) atoms. The van der Waals surface area contributed by atoms with Crippen LogP contribution in [0.4, 0.5) is 11.4 Å². The lowest BCUT2D eigenvalue weighted by molar-refractivity contribution is 0.102. The van der Waals surface area contributed by atoms with E-state index in [0.717, 1.165) is 6.42 Å². The molecule has 6 heteroatoms. The molecule has 6 nitrogen and oxygen atoms in total. The van der Waals surface area contributed by atoms with Crippen LogP contribution in [0.5, 0.6) is 0 Å². The first kappa shape index (κ1) is 18.8. The average molecular weight is 370 g/mol. The van der Waals surface area contributed by atoms with Crippen molar-refractivity contribution in [1.82, 2.24) is 4.98 Å². The maximum atomic E-state index is 12.5. The SMILES string of the molecule is CCc1ccc(NC(=O)c2cc(C(=O)Nc3cccc(C#N)c3)ccn2)cc1. The van der Waals surface area contributed by atoms with Gasteiger partial charge >= 0.3 is 0 Å². The van der Waals surface area contributed by atoms with Crippen molar-refractivity contribution in [3.05, 3.63) is 89.2 Å². The molecule has 2 aromatic carbocycles. The van der Waals surface area contributed by atoms with Gasteiger partial charge in [-0.2, -0.15) is 5.26 Å². The molecule has 0 atom stereocenters. The highest BCUT2D eigenvalue weighted by Crippen LogP contribution is 2.14. The Balaban J connectivity index is 1.72. The maximum absolute atomic E-state index is 12.5. The smallest absolute Gasteiger partial charge is 0.274 e. The minimum Gasteiger partial charge on any atom is -0.322 e. The van der Waals surface area contributed by atoms with E-state index in [-0.39, 0.29) is 11.6 Å². The Morgan fingerprint density at radius 1 is 0.964 bits per heavy atom. The van der Waals surface area contributed by atoms with E-state index in [0.29, 0.717) is 22.5 Å². The lowest BCUT2D eigenvalue weighted by Gasteiger charge is -2.08. The minimum absolute atomic E-state index is 0.137. The highest BCUT2D eigenvalue weighted by atomic mass is 16.2. The standard InChI is InChI=1S/C22H18N4O2/c1-2-15-6-8-18(9-7-15)25-22(28)20-13-17(10-11-24-20)21(27)26-19-5-3-4-16(12-19)14-23/h3-13H,2H2,1H3,(H,25,28)(H,26,27). The average Bonchev–Trinajstić information content (AvgIpc) is 2.74. The second-order valence-corrected chi connectivity index (χ2v) is 6.08. The van der Waals surface area contributed by atoms with E-state index >= 15 is 0 Å². The summed E-state index contributed by atoms with van der Waals surface area (Å²) in [7, 11) is 0. The molecular weight excluding hydrogens is 352 g/mol. The number of anilines is 2. The van der Waals surface area contributed by atoms with Gasteiger partial charge in [-0.1, -0.05) is 25.1 Å². The highest BCUT2D eigenvalue weighted by Gasteiger charge is 2.13. The van der Waals surface area contributed by atoms with Crippen molar-refractivity contribution in [3.63, 3.8) is 0 Å². The van der Waals surface area contributed by atoms with Gasteiger partial charge in [-0.25, -0.2) is 0 Å². The van der Waals surface area contributed by atoms with Gasteiger partial charge in [-0.3, -0.25) is 14.6 Å². The highest BCUT2D eigenvalue weighted by molar-refractivity contribution is 6.07. The Morgan fingerprint density at radius 2 is 1.71 bits per heavy atom. The zero-order chi connectivity index (χ0) is 19.9. The summed E-state index contributed by atoms with van der Waals surface area (Å²) in [5.74, 6) is -0.788. The molecule has 0 aliphatic carbocycles. The summed E-state index contributed by atoms with van der Waals surface area (Å²) in [5, 5.41) is 14.4. The third-order valence-corrected chi connectivity index (χ3v) is 4.12. The number of aryl methyl sites for hydroxylation is 1. The molecule has 3 rings (SSSR count). The summed E-state index contributed by atoms with van der Waals surface area (Å²) in [6, 6.07) is 19.1.